The number of rotatable bonds is 3. The third-order valence-electron chi connectivity index (χ3n) is 2.04. The third-order valence-corrected chi connectivity index (χ3v) is 4.58. The van der Waals surface area contributed by atoms with Crippen molar-refractivity contribution < 1.29 is 4.79 Å². The van der Waals surface area contributed by atoms with Gasteiger partial charge in [-0.3, -0.25) is 4.79 Å². The van der Waals surface area contributed by atoms with E-state index < -0.39 is 0 Å². The van der Waals surface area contributed by atoms with Crippen molar-refractivity contribution >= 4 is 40.5 Å². The topological polar surface area (TPSA) is 17.1 Å². The minimum Gasteiger partial charge on any atom is -0.295 e. The maximum absolute atomic E-state index is 11.2. The fourth-order valence-corrected chi connectivity index (χ4v) is 3.26. The van der Waals surface area contributed by atoms with Gasteiger partial charge in [0, 0.05) is 10.5 Å². The predicted molar refractivity (Wildman–Crippen MR) is 69.9 cm³/mol. The SMILES string of the molecule is CC(=O)c1ccc(Sc2cccs2)c(Cl)c1. The summed E-state index contributed by atoms with van der Waals surface area (Å²) in [4.78, 5) is 12.1. The van der Waals surface area contributed by atoms with Crippen LogP contribution in [0.5, 0.6) is 0 Å². The summed E-state index contributed by atoms with van der Waals surface area (Å²) < 4.78 is 1.19. The average Bonchev–Trinajstić information content (AvgIpc) is 2.73. The van der Waals surface area contributed by atoms with E-state index in [1.165, 1.54) is 11.1 Å². The van der Waals surface area contributed by atoms with Gasteiger partial charge in [0.05, 0.1) is 9.23 Å². The van der Waals surface area contributed by atoms with Crippen molar-refractivity contribution in [1.82, 2.24) is 0 Å². The summed E-state index contributed by atoms with van der Waals surface area (Å²) in [5, 5.41) is 2.66. The molecule has 0 atom stereocenters. The second kappa shape index (κ2) is 5.04. The lowest BCUT2D eigenvalue weighted by Crippen LogP contribution is -1.91. The number of carbonyl (C=O) groups is 1. The Morgan fingerprint density at radius 1 is 1.38 bits per heavy atom. The number of Topliss-reactive ketones (excluding diaryl/α,β-unsaturated/α-hetero) is 1. The molecule has 1 nitrogen and oxygen atoms in total. The highest BCUT2D eigenvalue weighted by Gasteiger charge is 2.06. The van der Waals surface area contributed by atoms with Gasteiger partial charge in [-0.05, 0) is 30.5 Å². The molecular weight excluding hydrogens is 260 g/mol. The van der Waals surface area contributed by atoms with Gasteiger partial charge in [-0.25, -0.2) is 0 Å². The lowest BCUT2D eigenvalue weighted by atomic mass is 10.1. The summed E-state index contributed by atoms with van der Waals surface area (Å²) in [6.45, 7) is 1.54. The number of thiophene rings is 1. The molecule has 0 bridgehead atoms. The zero-order valence-electron chi connectivity index (χ0n) is 8.57. The summed E-state index contributed by atoms with van der Waals surface area (Å²) in [6, 6.07) is 9.48. The highest BCUT2D eigenvalue weighted by atomic mass is 35.5. The molecule has 2 aromatic rings. The summed E-state index contributed by atoms with van der Waals surface area (Å²) in [6.07, 6.45) is 0. The minimum absolute atomic E-state index is 0.0366. The summed E-state index contributed by atoms with van der Waals surface area (Å²) in [5.74, 6) is 0.0366. The van der Waals surface area contributed by atoms with E-state index in [9.17, 15) is 4.79 Å². The molecule has 1 aromatic carbocycles. The van der Waals surface area contributed by atoms with E-state index in [2.05, 4.69) is 0 Å². The summed E-state index contributed by atoms with van der Waals surface area (Å²) >= 11 is 9.41. The van der Waals surface area contributed by atoms with Crippen molar-refractivity contribution in [2.45, 2.75) is 16.0 Å². The van der Waals surface area contributed by atoms with Crippen LogP contribution in [0.25, 0.3) is 0 Å². The van der Waals surface area contributed by atoms with Crippen LogP contribution >= 0.6 is 34.7 Å². The maximum Gasteiger partial charge on any atom is 0.159 e. The van der Waals surface area contributed by atoms with Crippen molar-refractivity contribution in [3.8, 4) is 0 Å². The smallest absolute Gasteiger partial charge is 0.159 e. The van der Waals surface area contributed by atoms with E-state index in [0.717, 1.165) is 4.90 Å². The van der Waals surface area contributed by atoms with E-state index in [0.29, 0.717) is 10.6 Å². The first kappa shape index (κ1) is 11.7. The van der Waals surface area contributed by atoms with Gasteiger partial charge >= 0.3 is 0 Å². The van der Waals surface area contributed by atoms with Crippen molar-refractivity contribution in [3.05, 3.63) is 46.3 Å². The Hall–Kier alpha value is -0.770. The Balaban J connectivity index is 2.26. The molecule has 82 valence electrons. The highest BCUT2D eigenvalue weighted by molar-refractivity contribution is 8.01. The van der Waals surface area contributed by atoms with Gasteiger partial charge in [0.1, 0.15) is 0 Å². The number of carbonyl (C=O) groups excluding carboxylic acids is 1. The van der Waals surface area contributed by atoms with Crippen LogP contribution in [0, 0.1) is 0 Å². The second-order valence-corrected chi connectivity index (χ2v) is 5.93. The first-order chi connectivity index (χ1) is 7.66. The van der Waals surface area contributed by atoms with Crippen LogP contribution in [-0.2, 0) is 0 Å². The third kappa shape index (κ3) is 2.67. The quantitative estimate of drug-likeness (QED) is 0.747. The van der Waals surface area contributed by atoms with Gasteiger partial charge in [-0.2, -0.15) is 0 Å². The Kier molecular flexibility index (Phi) is 3.69. The molecule has 0 N–H and O–H groups in total. The first-order valence-corrected chi connectivity index (χ1v) is 6.76. The molecule has 0 unspecified atom stereocenters. The lowest BCUT2D eigenvalue weighted by molar-refractivity contribution is 0.101. The van der Waals surface area contributed by atoms with Gasteiger partial charge in [0.25, 0.3) is 0 Å². The zero-order chi connectivity index (χ0) is 11.5. The molecular formula is C12H9ClOS2. The molecule has 0 radical (unpaired) electrons. The molecule has 0 aliphatic heterocycles. The van der Waals surface area contributed by atoms with E-state index in [4.69, 9.17) is 11.6 Å². The molecule has 1 aromatic heterocycles. The first-order valence-electron chi connectivity index (χ1n) is 4.68. The molecule has 0 fully saturated rings. The standard InChI is InChI=1S/C12H9ClOS2/c1-8(14)9-4-5-11(10(13)7-9)16-12-3-2-6-15-12/h2-7H,1H3. The number of hydrogen-bond acceptors (Lipinski definition) is 3. The van der Waals surface area contributed by atoms with Gasteiger partial charge in [-0.1, -0.05) is 35.5 Å². The fraction of sp³-hybridized carbons (Fsp3) is 0.0833. The Morgan fingerprint density at radius 3 is 2.75 bits per heavy atom. The molecule has 0 saturated carbocycles. The van der Waals surface area contributed by atoms with Crippen molar-refractivity contribution in [1.29, 1.82) is 0 Å². The number of ketones is 1. The Morgan fingerprint density at radius 2 is 2.19 bits per heavy atom. The number of halogens is 1. The molecule has 0 aliphatic rings. The summed E-state index contributed by atoms with van der Waals surface area (Å²) in [5.41, 5.74) is 0.653. The molecule has 1 heterocycles. The molecule has 0 amide bonds. The maximum atomic E-state index is 11.2. The Bertz CT molecular complexity index is 506. The lowest BCUT2D eigenvalue weighted by Gasteiger charge is -2.03. The van der Waals surface area contributed by atoms with Crippen LogP contribution in [0.3, 0.4) is 0 Å². The van der Waals surface area contributed by atoms with E-state index in [-0.39, 0.29) is 5.78 Å². The van der Waals surface area contributed by atoms with Crippen LogP contribution in [0.15, 0.2) is 44.8 Å². The Labute approximate surface area is 107 Å². The van der Waals surface area contributed by atoms with Gasteiger partial charge < -0.3 is 0 Å². The van der Waals surface area contributed by atoms with Crippen LogP contribution < -0.4 is 0 Å². The largest absolute Gasteiger partial charge is 0.295 e. The van der Waals surface area contributed by atoms with Crippen molar-refractivity contribution in [3.63, 3.8) is 0 Å². The molecule has 4 heteroatoms. The zero-order valence-corrected chi connectivity index (χ0v) is 11.0. The van der Waals surface area contributed by atoms with Gasteiger partial charge in [-0.15, -0.1) is 11.3 Å². The molecule has 0 spiro atoms. The van der Waals surface area contributed by atoms with Gasteiger partial charge in [0.2, 0.25) is 0 Å². The predicted octanol–water partition coefficient (Wildman–Crippen LogP) is 4.76. The van der Waals surface area contributed by atoms with Gasteiger partial charge in [0.15, 0.2) is 5.78 Å². The van der Waals surface area contributed by atoms with E-state index in [1.807, 2.05) is 29.6 Å². The van der Waals surface area contributed by atoms with Crippen molar-refractivity contribution in [2.24, 2.45) is 0 Å². The number of benzene rings is 1. The van der Waals surface area contributed by atoms with E-state index >= 15 is 0 Å². The molecule has 2 rings (SSSR count). The monoisotopic (exact) mass is 268 g/mol. The number of hydrogen-bond donors (Lipinski definition) is 0. The highest BCUT2D eigenvalue weighted by Crippen LogP contribution is 2.36. The normalized spacial score (nSPS) is 10.4. The van der Waals surface area contributed by atoms with Crippen LogP contribution in [0.4, 0.5) is 0 Å². The summed E-state index contributed by atoms with van der Waals surface area (Å²) in [7, 11) is 0. The van der Waals surface area contributed by atoms with Crippen molar-refractivity contribution in [2.75, 3.05) is 0 Å². The van der Waals surface area contributed by atoms with Crippen LogP contribution in [0.1, 0.15) is 17.3 Å². The fourth-order valence-electron chi connectivity index (χ4n) is 1.23. The molecule has 0 saturated heterocycles. The minimum atomic E-state index is 0.0366. The molecule has 0 aliphatic carbocycles. The second-order valence-electron chi connectivity index (χ2n) is 3.24. The van der Waals surface area contributed by atoms with Crippen LogP contribution in [0.2, 0.25) is 5.02 Å². The molecule has 16 heavy (non-hydrogen) atoms. The van der Waals surface area contributed by atoms with E-state index in [1.54, 1.807) is 29.2 Å². The van der Waals surface area contributed by atoms with Crippen LogP contribution in [-0.4, -0.2) is 5.78 Å². The average molecular weight is 269 g/mol.